The second-order valence-electron chi connectivity index (χ2n) is 7.92. The van der Waals surface area contributed by atoms with E-state index in [1.54, 1.807) is 24.3 Å². The quantitative estimate of drug-likeness (QED) is 0.537. The van der Waals surface area contributed by atoms with Gasteiger partial charge in [0.25, 0.3) is 5.56 Å². The molecule has 7 heteroatoms. The van der Waals surface area contributed by atoms with Crippen molar-refractivity contribution in [1.82, 2.24) is 19.8 Å². The van der Waals surface area contributed by atoms with Crippen molar-refractivity contribution in [2.75, 3.05) is 19.6 Å². The average Bonchev–Trinajstić information content (AvgIpc) is 2.83. The molecule has 33 heavy (non-hydrogen) atoms. The van der Waals surface area contributed by atoms with Gasteiger partial charge in [-0.05, 0) is 61.8 Å². The van der Waals surface area contributed by atoms with Gasteiger partial charge in [-0.2, -0.15) is 0 Å². The van der Waals surface area contributed by atoms with E-state index in [4.69, 9.17) is 16.6 Å². The molecule has 3 aromatic rings. The minimum Gasteiger partial charge on any atom is -0.377 e. The lowest BCUT2D eigenvalue weighted by Crippen LogP contribution is -2.49. The molecular weight excluding hydrogens is 439 g/mol. The number of likely N-dealkylation sites (N-methyl/N-ethyl adjacent to an activating group) is 1. The number of dihydropyridines is 1. The topological polar surface area (TPSA) is 50.2 Å². The zero-order valence-electron chi connectivity index (χ0n) is 18.6. The Labute approximate surface area is 197 Å². The minimum absolute atomic E-state index is 0.198. The Morgan fingerprint density at radius 3 is 2.67 bits per heavy atom. The fourth-order valence-electron chi connectivity index (χ4n) is 3.98. The fraction of sp³-hybridized carbons (Fsp3) is 0.231. The number of benzene rings is 2. The second kappa shape index (κ2) is 9.73. The summed E-state index contributed by atoms with van der Waals surface area (Å²) in [5, 5.41) is 4.05. The molecule has 0 spiro atoms. The third-order valence-electron chi connectivity index (χ3n) is 5.81. The molecule has 0 saturated carbocycles. The van der Waals surface area contributed by atoms with Gasteiger partial charge in [-0.1, -0.05) is 55.8 Å². The number of nitrogens with zero attached hydrogens (tertiary/aromatic N) is 3. The standard InChI is InChI=1S/C26H26ClFN4O/c1-3-31(4-2)18-26(14-7-8-16-29-26)15-13-24-30-22-12-11-19(28)17-20(22)25(33)32(24)23-10-6-5-9-21(23)27/h5-17,29H,3-4,18H2,1-2H3. The van der Waals surface area contributed by atoms with Gasteiger partial charge in [-0.15, -0.1) is 0 Å². The van der Waals surface area contributed by atoms with Crippen molar-refractivity contribution in [3.8, 4) is 5.69 Å². The number of aromatic nitrogens is 2. The Kier molecular flexibility index (Phi) is 6.77. The fourth-order valence-corrected chi connectivity index (χ4v) is 4.20. The number of rotatable bonds is 7. The summed E-state index contributed by atoms with van der Waals surface area (Å²) in [6.07, 6.45) is 11.8. The summed E-state index contributed by atoms with van der Waals surface area (Å²) in [4.78, 5) is 20.5. The minimum atomic E-state index is -0.489. The zero-order valence-corrected chi connectivity index (χ0v) is 19.4. The van der Waals surface area contributed by atoms with Crippen LogP contribution in [0.3, 0.4) is 0 Å². The van der Waals surface area contributed by atoms with E-state index < -0.39 is 11.4 Å². The maximum absolute atomic E-state index is 13.9. The highest BCUT2D eigenvalue weighted by molar-refractivity contribution is 6.32. The van der Waals surface area contributed by atoms with Crippen LogP contribution in [0.5, 0.6) is 0 Å². The van der Waals surface area contributed by atoms with Crippen LogP contribution in [-0.4, -0.2) is 39.6 Å². The van der Waals surface area contributed by atoms with Gasteiger partial charge in [0.05, 0.1) is 27.2 Å². The Morgan fingerprint density at radius 2 is 1.97 bits per heavy atom. The molecule has 5 nitrogen and oxygen atoms in total. The van der Waals surface area contributed by atoms with Crippen molar-refractivity contribution in [2.45, 2.75) is 19.4 Å². The molecule has 1 atom stereocenters. The molecule has 0 saturated heterocycles. The van der Waals surface area contributed by atoms with Crippen LogP contribution in [0, 0.1) is 5.82 Å². The highest BCUT2D eigenvalue weighted by Gasteiger charge is 2.26. The van der Waals surface area contributed by atoms with Crippen molar-refractivity contribution < 1.29 is 4.39 Å². The van der Waals surface area contributed by atoms with E-state index in [0.29, 0.717) is 22.1 Å². The molecule has 0 aliphatic carbocycles. The molecule has 0 fully saturated rings. The first-order valence-corrected chi connectivity index (χ1v) is 11.3. The van der Waals surface area contributed by atoms with E-state index in [1.807, 2.05) is 30.5 Å². The van der Waals surface area contributed by atoms with Crippen LogP contribution in [0.4, 0.5) is 4.39 Å². The van der Waals surface area contributed by atoms with Crippen LogP contribution in [0.15, 0.2) is 77.8 Å². The predicted octanol–water partition coefficient (Wildman–Crippen LogP) is 4.95. The van der Waals surface area contributed by atoms with Gasteiger partial charge in [-0.25, -0.2) is 9.37 Å². The highest BCUT2D eigenvalue weighted by Crippen LogP contribution is 2.23. The zero-order chi connectivity index (χ0) is 23.4. The van der Waals surface area contributed by atoms with Crippen LogP contribution in [-0.2, 0) is 0 Å². The lowest BCUT2D eigenvalue weighted by molar-refractivity contribution is 0.260. The molecule has 0 amide bonds. The van der Waals surface area contributed by atoms with Crippen molar-refractivity contribution >= 4 is 28.6 Å². The molecule has 1 N–H and O–H groups in total. The van der Waals surface area contributed by atoms with Crippen LogP contribution >= 0.6 is 11.6 Å². The summed E-state index contributed by atoms with van der Waals surface area (Å²) >= 11 is 6.44. The first-order valence-electron chi connectivity index (χ1n) is 11.0. The molecule has 0 radical (unpaired) electrons. The monoisotopic (exact) mass is 464 g/mol. The molecule has 2 heterocycles. The van der Waals surface area contributed by atoms with Gasteiger partial charge in [0.1, 0.15) is 11.6 Å². The Morgan fingerprint density at radius 1 is 1.18 bits per heavy atom. The van der Waals surface area contributed by atoms with Crippen molar-refractivity contribution in [2.24, 2.45) is 0 Å². The molecule has 170 valence electrons. The van der Waals surface area contributed by atoms with Crippen molar-refractivity contribution in [1.29, 1.82) is 0 Å². The molecule has 0 bridgehead atoms. The van der Waals surface area contributed by atoms with Gasteiger partial charge in [0, 0.05) is 6.54 Å². The normalized spacial score (nSPS) is 17.8. The smallest absolute Gasteiger partial charge is 0.266 e. The maximum Gasteiger partial charge on any atom is 0.266 e. The van der Waals surface area contributed by atoms with E-state index >= 15 is 0 Å². The molecule has 2 aromatic carbocycles. The SMILES string of the molecule is CCN(CC)CC1(C=Cc2nc3ccc(F)cc3c(=O)n2-c2ccccc2Cl)C=CC=CN1. The lowest BCUT2D eigenvalue weighted by Gasteiger charge is -2.35. The summed E-state index contributed by atoms with van der Waals surface area (Å²) in [5.41, 5.74) is 0.0697. The van der Waals surface area contributed by atoms with Crippen LogP contribution in [0.2, 0.25) is 5.02 Å². The largest absolute Gasteiger partial charge is 0.377 e. The summed E-state index contributed by atoms with van der Waals surface area (Å²) in [5.74, 6) is -0.0761. The van der Waals surface area contributed by atoms with Crippen LogP contribution in [0.25, 0.3) is 22.7 Å². The molecule has 1 aromatic heterocycles. The lowest BCUT2D eigenvalue weighted by atomic mass is 9.95. The molecule has 4 rings (SSSR count). The Hall–Kier alpha value is -3.22. The number of para-hydroxylation sites is 1. The number of fused-ring (bicyclic) bond motifs is 1. The number of allylic oxidation sites excluding steroid dienone is 2. The van der Waals surface area contributed by atoms with Gasteiger partial charge in [0.15, 0.2) is 0 Å². The summed E-state index contributed by atoms with van der Waals surface area (Å²) < 4.78 is 15.4. The Balaban J connectivity index is 1.90. The molecular formula is C26H26ClFN4O. The summed E-state index contributed by atoms with van der Waals surface area (Å²) in [7, 11) is 0. The predicted molar refractivity (Wildman–Crippen MR) is 133 cm³/mol. The van der Waals surface area contributed by atoms with Gasteiger partial charge >= 0.3 is 0 Å². The van der Waals surface area contributed by atoms with E-state index in [2.05, 4.69) is 30.1 Å². The third-order valence-corrected chi connectivity index (χ3v) is 6.13. The molecule has 1 unspecified atom stereocenters. The maximum atomic E-state index is 13.9. The second-order valence-corrected chi connectivity index (χ2v) is 8.33. The summed E-state index contributed by atoms with van der Waals surface area (Å²) in [6.45, 7) is 6.82. The average molecular weight is 465 g/mol. The van der Waals surface area contributed by atoms with Crippen molar-refractivity contribution in [3.05, 3.63) is 100.0 Å². The first-order chi connectivity index (χ1) is 16.0. The van der Waals surface area contributed by atoms with Gasteiger partial charge in [0.2, 0.25) is 0 Å². The highest BCUT2D eigenvalue weighted by atomic mass is 35.5. The molecule has 1 aliphatic rings. The number of nitrogens with one attached hydrogen (secondary N) is 1. The van der Waals surface area contributed by atoms with Crippen LogP contribution < -0.4 is 10.9 Å². The number of halogens is 2. The summed E-state index contributed by atoms with van der Waals surface area (Å²) in [6, 6.07) is 11.1. The van der Waals surface area contributed by atoms with Crippen molar-refractivity contribution in [3.63, 3.8) is 0 Å². The van der Waals surface area contributed by atoms with E-state index in [0.717, 1.165) is 19.6 Å². The van der Waals surface area contributed by atoms with Gasteiger partial charge < -0.3 is 10.2 Å². The third kappa shape index (κ3) is 4.77. The first kappa shape index (κ1) is 23.0. The number of hydrogen-bond donors (Lipinski definition) is 1. The van der Waals surface area contributed by atoms with E-state index in [9.17, 15) is 9.18 Å². The Bertz CT molecular complexity index is 1310. The van der Waals surface area contributed by atoms with Gasteiger partial charge in [-0.3, -0.25) is 9.36 Å². The number of hydrogen-bond acceptors (Lipinski definition) is 4. The van der Waals surface area contributed by atoms with Crippen LogP contribution in [0.1, 0.15) is 19.7 Å². The van der Waals surface area contributed by atoms with E-state index in [1.165, 1.54) is 22.8 Å². The molecule has 1 aliphatic heterocycles. The van der Waals surface area contributed by atoms with E-state index in [-0.39, 0.29) is 10.9 Å².